The first-order chi connectivity index (χ1) is 15.2. The molecule has 0 spiro atoms. The Labute approximate surface area is 188 Å². The molecule has 4 rings (SSSR count). The van der Waals surface area contributed by atoms with Gasteiger partial charge in [-0.3, -0.25) is 19.3 Å². The van der Waals surface area contributed by atoms with E-state index in [0.29, 0.717) is 21.7 Å². The average Bonchev–Trinajstić information content (AvgIpc) is 3.26. The van der Waals surface area contributed by atoms with Crippen LogP contribution in [0.25, 0.3) is 10.2 Å². The van der Waals surface area contributed by atoms with Gasteiger partial charge >= 0.3 is 0 Å². The first-order valence-electron chi connectivity index (χ1n) is 9.68. The number of fused-ring (bicyclic) bond motifs is 1. The van der Waals surface area contributed by atoms with Gasteiger partial charge in [0.25, 0.3) is 5.91 Å². The van der Waals surface area contributed by atoms with E-state index in [1.807, 2.05) is 0 Å². The fourth-order valence-electron chi connectivity index (χ4n) is 3.47. The molecule has 32 heavy (non-hydrogen) atoms. The maximum absolute atomic E-state index is 12.9. The SMILES string of the molecule is C=CCn1c(=NC(=O)c2cccc(N3C(=O)CCC3=O)c2)sc2cc(S(C)(=O)=O)ccc21. The fourth-order valence-corrected chi connectivity index (χ4v) is 5.27. The third-order valence-electron chi connectivity index (χ3n) is 4.99. The van der Waals surface area contributed by atoms with Gasteiger partial charge in [0.05, 0.1) is 20.8 Å². The number of hydrogen-bond acceptors (Lipinski definition) is 6. The third kappa shape index (κ3) is 4.06. The maximum atomic E-state index is 12.9. The second-order valence-corrected chi connectivity index (χ2v) is 10.3. The molecule has 0 saturated carbocycles. The van der Waals surface area contributed by atoms with Gasteiger partial charge in [0.1, 0.15) is 0 Å². The molecule has 1 aliphatic rings. The van der Waals surface area contributed by atoms with Gasteiger partial charge in [-0.2, -0.15) is 4.99 Å². The zero-order valence-corrected chi connectivity index (χ0v) is 18.8. The molecular formula is C22H19N3O5S2. The Morgan fingerprint density at radius 1 is 1.16 bits per heavy atom. The molecule has 0 bridgehead atoms. The zero-order valence-electron chi connectivity index (χ0n) is 17.1. The number of thiazole rings is 1. The minimum Gasteiger partial charge on any atom is -0.312 e. The maximum Gasteiger partial charge on any atom is 0.279 e. The Kier molecular flexibility index (Phi) is 5.66. The van der Waals surface area contributed by atoms with E-state index in [-0.39, 0.29) is 35.1 Å². The lowest BCUT2D eigenvalue weighted by Crippen LogP contribution is -2.28. The molecule has 1 fully saturated rings. The number of nitrogens with zero attached hydrogens (tertiary/aromatic N) is 3. The van der Waals surface area contributed by atoms with E-state index in [4.69, 9.17) is 0 Å². The molecule has 0 N–H and O–H groups in total. The number of benzene rings is 2. The van der Waals surface area contributed by atoms with Crippen LogP contribution in [-0.4, -0.2) is 37.0 Å². The van der Waals surface area contributed by atoms with Gasteiger partial charge in [0.2, 0.25) is 11.8 Å². The van der Waals surface area contributed by atoms with Gasteiger partial charge in [-0.05, 0) is 36.4 Å². The molecule has 3 amide bonds. The van der Waals surface area contributed by atoms with Crippen LogP contribution < -0.4 is 9.70 Å². The van der Waals surface area contributed by atoms with Crippen molar-refractivity contribution in [3.8, 4) is 0 Å². The third-order valence-corrected chi connectivity index (χ3v) is 7.15. The van der Waals surface area contributed by atoms with Crippen molar-refractivity contribution in [2.24, 2.45) is 4.99 Å². The van der Waals surface area contributed by atoms with Crippen LogP contribution in [-0.2, 0) is 26.0 Å². The molecule has 164 valence electrons. The number of aromatic nitrogens is 1. The number of sulfone groups is 1. The molecule has 2 heterocycles. The summed E-state index contributed by atoms with van der Waals surface area (Å²) in [5.41, 5.74) is 1.30. The standard InChI is InChI=1S/C22H19N3O5S2/c1-3-11-24-17-8-7-16(32(2,29)30)13-18(17)31-22(24)23-21(28)14-5-4-6-15(12-14)25-19(26)9-10-20(25)27/h3-8,12-13H,1,9-11H2,2H3. The minimum absolute atomic E-state index is 0.153. The quantitative estimate of drug-likeness (QED) is 0.422. The minimum atomic E-state index is -3.38. The van der Waals surface area contributed by atoms with Crippen molar-refractivity contribution in [3.05, 3.63) is 65.5 Å². The van der Waals surface area contributed by atoms with Crippen molar-refractivity contribution in [2.75, 3.05) is 11.2 Å². The molecule has 0 unspecified atom stereocenters. The lowest BCUT2D eigenvalue weighted by Gasteiger charge is -2.14. The molecule has 3 aromatic rings. The highest BCUT2D eigenvalue weighted by molar-refractivity contribution is 7.90. The smallest absolute Gasteiger partial charge is 0.279 e. The van der Waals surface area contributed by atoms with E-state index in [1.54, 1.807) is 41.0 Å². The Morgan fingerprint density at radius 3 is 2.53 bits per heavy atom. The van der Waals surface area contributed by atoms with Gasteiger partial charge in [0.15, 0.2) is 14.6 Å². The highest BCUT2D eigenvalue weighted by Gasteiger charge is 2.30. The topological polar surface area (TPSA) is 106 Å². The van der Waals surface area contributed by atoms with Gasteiger partial charge in [-0.25, -0.2) is 8.42 Å². The number of carbonyl (C=O) groups excluding carboxylic acids is 3. The molecule has 1 saturated heterocycles. The van der Waals surface area contributed by atoms with Gasteiger partial charge < -0.3 is 4.57 Å². The number of imide groups is 1. The van der Waals surface area contributed by atoms with Crippen LogP contribution in [0.15, 0.2) is 65.0 Å². The van der Waals surface area contributed by atoms with Crippen LogP contribution >= 0.6 is 11.3 Å². The van der Waals surface area contributed by atoms with E-state index in [0.717, 1.165) is 16.7 Å². The fraction of sp³-hybridized carbons (Fsp3) is 0.182. The van der Waals surface area contributed by atoms with Crippen LogP contribution in [0, 0.1) is 0 Å². The highest BCUT2D eigenvalue weighted by Crippen LogP contribution is 2.24. The molecule has 0 atom stereocenters. The second-order valence-electron chi connectivity index (χ2n) is 7.28. The summed E-state index contributed by atoms with van der Waals surface area (Å²) in [6.07, 6.45) is 3.10. The first-order valence-corrected chi connectivity index (χ1v) is 12.4. The molecule has 2 aromatic carbocycles. The van der Waals surface area contributed by atoms with Crippen LogP contribution in [0.2, 0.25) is 0 Å². The molecule has 1 aromatic heterocycles. The van der Waals surface area contributed by atoms with Gasteiger partial charge in [-0.15, -0.1) is 6.58 Å². The Bertz CT molecular complexity index is 1450. The lowest BCUT2D eigenvalue weighted by atomic mass is 10.2. The summed E-state index contributed by atoms with van der Waals surface area (Å²) in [5, 5.41) is 0. The van der Waals surface area contributed by atoms with Gasteiger partial charge in [0, 0.05) is 31.2 Å². The van der Waals surface area contributed by atoms with Crippen LogP contribution in [0.5, 0.6) is 0 Å². The number of anilines is 1. The van der Waals surface area contributed by atoms with E-state index < -0.39 is 15.7 Å². The number of carbonyl (C=O) groups is 3. The second kappa shape index (κ2) is 8.29. The van der Waals surface area contributed by atoms with Crippen LogP contribution in [0.1, 0.15) is 23.2 Å². The summed E-state index contributed by atoms with van der Waals surface area (Å²) in [4.78, 5) is 42.8. The van der Waals surface area contributed by atoms with Crippen molar-refractivity contribution >= 4 is 54.8 Å². The van der Waals surface area contributed by atoms with Crippen molar-refractivity contribution < 1.29 is 22.8 Å². The summed E-state index contributed by atoms with van der Waals surface area (Å²) >= 11 is 1.19. The van der Waals surface area contributed by atoms with Crippen LogP contribution in [0.4, 0.5) is 5.69 Å². The summed E-state index contributed by atoms with van der Waals surface area (Å²) in [7, 11) is -3.38. The molecule has 10 heteroatoms. The van der Waals surface area contributed by atoms with E-state index in [1.165, 1.54) is 23.5 Å². The van der Waals surface area contributed by atoms with Crippen molar-refractivity contribution in [1.82, 2.24) is 4.57 Å². The van der Waals surface area contributed by atoms with E-state index in [2.05, 4.69) is 11.6 Å². The molecular weight excluding hydrogens is 450 g/mol. The van der Waals surface area contributed by atoms with Crippen molar-refractivity contribution in [3.63, 3.8) is 0 Å². The van der Waals surface area contributed by atoms with E-state index >= 15 is 0 Å². The average molecular weight is 470 g/mol. The summed E-state index contributed by atoms with van der Waals surface area (Å²) in [6.45, 7) is 4.12. The lowest BCUT2D eigenvalue weighted by molar-refractivity contribution is -0.121. The van der Waals surface area contributed by atoms with Crippen LogP contribution in [0.3, 0.4) is 0 Å². The first kappa shape index (κ1) is 21.8. The van der Waals surface area contributed by atoms with Gasteiger partial charge in [-0.1, -0.05) is 23.5 Å². The van der Waals surface area contributed by atoms with E-state index in [9.17, 15) is 22.8 Å². The summed E-state index contributed by atoms with van der Waals surface area (Å²) in [6, 6.07) is 11.0. The normalized spacial score (nSPS) is 15.0. The molecule has 0 radical (unpaired) electrons. The molecule has 8 nitrogen and oxygen atoms in total. The number of allylic oxidation sites excluding steroid dienone is 1. The van der Waals surface area contributed by atoms with Crippen molar-refractivity contribution in [2.45, 2.75) is 24.3 Å². The number of rotatable bonds is 5. The Hall–Kier alpha value is -3.37. The van der Waals surface area contributed by atoms with Crippen molar-refractivity contribution in [1.29, 1.82) is 0 Å². The monoisotopic (exact) mass is 469 g/mol. The zero-order chi connectivity index (χ0) is 23.0. The number of hydrogen-bond donors (Lipinski definition) is 0. The molecule has 0 aliphatic carbocycles. The Morgan fingerprint density at radius 2 is 1.88 bits per heavy atom. The predicted molar refractivity (Wildman–Crippen MR) is 121 cm³/mol. The predicted octanol–water partition coefficient (Wildman–Crippen LogP) is 2.69. The largest absolute Gasteiger partial charge is 0.312 e. The molecule has 1 aliphatic heterocycles. The Balaban J connectivity index is 1.78. The summed E-state index contributed by atoms with van der Waals surface area (Å²) in [5.74, 6) is -1.14. The number of amides is 3. The summed E-state index contributed by atoms with van der Waals surface area (Å²) < 4.78 is 26.2. The highest BCUT2D eigenvalue weighted by atomic mass is 32.2.